The average molecular weight is 371 g/mol. The molecule has 1 amide bonds. The summed E-state index contributed by atoms with van der Waals surface area (Å²) in [6.07, 6.45) is 0.371. The van der Waals surface area contributed by atoms with Gasteiger partial charge in [-0.1, -0.05) is 24.6 Å². The number of carbonyl (C=O) groups excluding carboxylic acids is 1. The van der Waals surface area contributed by atoms with Crippen LogP contribution in [0, 0.1) is 27.7 Å². The molecule has 1 aromatic carbocycles. The number of nitrogens with one attached hydrogen (secondary N) is 2. The Labute approximate surface area is 161 Å². The van der Waals surface area contributed by atoms with E-state index in [2.05, 4.69) is 58.5 Å². The van der Waals surface area contributed by atoms with E-state index in [0.717, 1.165) is 0 Å². The van der Waals surface area contributed by atoms with E-state index in [1.165, 1.54) is 22.3 Å². The van der Waals surface area contributed by atoms with Gasteiger partial charge in [0.2, 0.25) is 17.8 Å². The van der Waals surface area contributed by atoms with Gasteiger partial charge in [0.15, 0.2) is 0 Å². The molecule has 0 aliphatic heterocycles. The molecule has 2 rings (SSSR count). The molecule has 146 valence electrons. The summed E-state index contributed by atoms with van der Waals surface area (Å²) < 4.78 is 5.89. The Bertz CT molecular complexity index is 784. The smallest absolute Gasteiger partial charge is 0.234 e. The summed E-state index contributed by atoms with van der Waals surface area (Å²) in [5, 5.41) is 5.86. The molecule has 2 N–H and O–H groups in total. The molecule has 1 atom stereocenters. The second-order valence-corrected chi connectivity index (χ2v) is 6.87. The SMILES string of the molecule is CCC(=O)Nc1nc(C)nc(NC(C)COCc2c(C)cc(C)cc2C)n1. The number of rotatable bonds is 8. The number of ether oxygens (including phenoxy) is 1. The predicted octanol–water partition coefficient (Wildman–Crippen LogP) is 3.47. The number of hydrogen-bond donors (Lipinski definition) is 2. The van der Waals surface area contributed by atoms with Crippen molar-refractivity contribution in [3.8, 4) is 0 Å². The summed E-state index contributed by atoms with van der Waals surface area (Å²) in [7, 11) is 0. The quantitative estimate of drug-likeness (QED) is 0.738. The lowest BCUT2D eigenvalue weighted by Crippen LogP contribution is -2.24. The molecule has 2 aromatic rings. The van der Waals surface area contributed by atoms with Crippen LogP contribution in [0.15, 0.2) is 12.1 Å². The van der Waals surface area contributed by atoms with Gasteiger partial charge in [-0.25, -0.2) is 0 Å². The Balaban J connectivity index is 1.92. The topological polar surface area (TPSA) is 89.0 Å². The molecule has 1 aromatic heterocycles. The number of nitrogens with zero attached hydrogens (tertiary/aromatic N) is 3. The maximum atomic E-state index is 11.5. The van der Waals surface area contributed by atoms with Crippen molar-refractivity contribution in [1.82, 2.24) is 15.0 Å². The van der Waals surface area contributed by atoms with Gasteiger partial charge in [0.05, 0.1) is 13.2 Å². The maximum absolute atomic E-state index is 11.5. The van der Waals surface area contributed by atoms with E-state index >= 15 is 0 Å². The third-order valence-corrected chi connectivity index (χ3v) is 4.15. The van der Waals surface area contributed by atoms with Crippen LogP contribution < -0.4 is 10.6 Å². The third-order valence-electron chi connectivity index (χ3n) is 4.15. The summed E-state index contributed by atoms with van der Waals surface area (Å²) in [6.45, 7) is 12.9. The molecule has 1 unspecified atom stereocenters. The van der Waals surface area contributed by atoms with Crippen LogP contribution in [0.25, 0.3) is 0 Å². The first kappa shape index (κ1) is 20.8. The van der Waals surface area contributed by atoms with Crippen LogP contribution >= 0.6 is 0 Å². The molecule has 7 nitrogen and oxygen atoms in total. The third kappa shape index (κ3) is 6.29. The first-order valence-electron chi connectivity index (χ1n) is 9.22. The van der Waals surface area contributed by atoms with Gasteiger partial charge in [0.1, 0.15) is 5.82 Å². The Morgan fingerprint density at radius 3 is 2.33 bits per heavy atom. The summed E-state index contributed by atoms with van der Waals surface area (Å²) in [5.74, 6) is 1.09. The van der Waals surface area contributed by atoms with Gasteiger partial charge in [-0.05, 0) is 51.3 Å². The second-order valence-electron chi connectivity index (χ2n) is 6.87. The summed E-state index contributed by atoms with van der Waals surface area (Å²) in [6, 6.07) is 4.35. The van der Waals surface area contributed by atoms with Crippen molar-refractivity contribution in [3.63, 3.8) is 0 Å². The molecular formula is C20H29N5O2. The first-order chi connectivity index (χ1) is 12.8. The van der Waals surface area contributed by atoms with Crippen molar-refractivity contribution in [2.75, 3.05) is 17.2 Å². The highest BCUT2D eigenvalue weighted by Crippen LogP contribution is 2.17. The minimum Gasteiger partial charge on any atom is -0.375 e. The van der Waals surface area contributed by atoms with Crippen molar-refractivity contribution in [1.29, 1.82) is 0 Å². The molecule has 0 radical (unpaired) electrons. The number of aromatic nitrogens is 3. The standard InChI is InChI=1S/C20H29N5O2/c1-7-18(26)24-20-23-16(6)22-19(25-20)21-15(5)10-27-11-17-13(3)8-12(2)9-14(17)4/h8-9,15H,7,10-11H2,1-6H3,(H2,21,22,23,24,25,26). The molecule has 0 fully saturated rings. The van der Waals surface area contributed by atoms with Crippen LogP contribution in [0.5, 0.6) is 0 Å². The highest BCUT2D eigenvalue weighted by Gasteiger charge is 2.10. The van der Waals surface area contributed by atoms with E-state index in [0.29, 0.717) is 31.4 Å². The van der Waals surface area contributed by atoms with Crippen LogP contribution in [0.1, 0.15) is 48.3 Å². The van der Waals surface area contributed by atoms with Gasteiger partial charge < -0.3 is 10.1 Å². The fourth-order valence-corrected chi connectivity index (χ4v) is 2.85. The fraction of sp³-hybridized carbons (Fsp3) is 0.500. The number of aryl methyl sites for hydroxylation is 4. The fourth-order valence-electron chi connectivity index (χ4n) is 2.85. The van der Waals surface area contributed by atoms with Gasteiger partial charge >= 0.3 is 0 Å². The van der Waals surface area contributed by atoms with Crippen LogP contribution in [0.4, 0.5) is 11.9 Å². The minimum atomic E-state index is -0.133. The molecular weight excluding hydrogens is 342 g/mol. The number of benzene rings is 1. The monoisotopic (exact) mass is 371 g/mol. The number of carbonyl (C=O) groups is 1. The molecule has 0 aliphatic rings. The lowest BCUT2D eigenvalue weighted by atomic mass is 10.0. The maximum Gasteiger partial charge on any atom is 0.234 e. The summed E-state index contributed by atoms with van der Waals surface area (Å²) in [4.78, 5) is 24.2. The Morgan fingerprint density at radius 1 is 1.07 bits per heavy atom. The van der Waals surface area contributed by atoms with Gasteiger partial charge in [-0.15, -0.1) is 0 Å². The van der Waals surface area contributed by atoms with Gasteiger partial charge in [-0.2, -0.15) is 15.0 Å². The Morgan fingerprint density at radius 2 is 1.70 bits per heavy atom. The van der Waals surface area contributed by atoms with E-state index in [-0.39, 0.29) is 17.9 Å². The molecule has 0 bridgehead atoms. The average Bonchev–Trinajstić information content (AvgIpc) is 2.56. The number of hydrogen-bond acceptors (Lipinski definition) is 6. The van der Waals surface area contributed by atoms with Gasteiger partial charge in [0, 0.05) is 12.5 Å². The van der Waals surface area contributed by atoms with Gasteiger partial charge in [0.25, 0.3) is 0 Å². The highest BCUT2D eigenvalue weighted by atomic mass is 16.5. The summed E-state index contributed by atoms with van der Waals surface area (Å²) >= 11 is 0. The zero-order valence-corrected chi connectivity index (χ0v) is 17.0. The van der Waals surface area contributed by atoms with Crippen molar-refractivity contribution in [2.45, 2.75) is 60.6 Å². The van der Waals surface area contributed by atoms with E-state index in [1.54, 1.807) is 13.8 Å². The van der Waals surface area contributed by atoms with Crippen molar-refractivity contribution in [3.05, 3.63) is 40.2 Å². The van der Waals surface area contributed by atoms with E-state index in [9.17, 15) is 4.79 Å². The Hall–Kier alpha value is -2.54. The molecule has 0 saturated carbocycles. The predicted molar refractivity (Wildman–Crippen MR) is 107 cm³/mol. The lowest BCUT2D eigenvalue weighted by molar-refractivity contribution is -0.115. The number of amides is 1. The zero-order valence-electron chi connectivity index (χ0n) is 17.0. The molecule has 0 saturated heterocycles. The van der Waals surface area contributed by atoms with Crippen LogP contribution in [-0.4, -0.2) is 33.5 Å². The molecule has 7 heteroatoms. The number of anilines is 2. The van der Waals surface area contributed by atoms with Crippen LogP contribution in [0.3, 0.4) is 0 Å². The van der Waals surface area contributed by atoms with Crippen molar-refractivity contribution < 1.29 is 9.53 Å². The zero-order chi connectivity index (χ0) is 20.0. The summed E-state index contributed by atoms with van der Waals surface area (Å²) in [5.41, 5.74) is 4.99. The first-order valence-corrected chi connectivity index (χ1v) is 9.22. The van der Waals surface area contributed by atoms with E-state index in [1.807, 2.05) is 6.92 Å². The van der Waals surface area contributed by atoms with Gasteiger partial charge in [-0.3, -0.25) is 10.1 Å². The highest BCUT2D eigenvalue weighted by molar-refractivity contribution is 5.88. The molecule has 27 heavy (non-hydrogen) atoms. The van der Waals surface area contributed by atoms with E-state index < -0.39 is 0 Å². The molecule has 1 heterocycles. The van der Waals surface area contributed by atoms with Crippen molar-refractivity contribution in [2.24, 2.45) is 0 Å². The normalized spacial score (nSPS) is 11.9. The molecule has 0 spiro atoms. The second kappa shape index (κ2) is 9.41. The largest absolute Gasteiger partial charge is 0.375 e. The van der Waals surface area contributed by atoms with Crippen LogP contribution in [0.2, 0.25) is 0 Å². The minimum absolute atomic E-state index is 0.00703. The van der Waals surface area contributed by atoms with Crippen molar-refractivity contribution >= 4 is 17.8 Å². The Kier molecular flexibility index (Phi) is 7.24. The lowest BCUT2D eigenvalue weighted by Gasteiger charge is -2.16. The van der Waals surface area contributed by atoms with E-state index in [4.69, 9.17) is 4.74 Å². The van der Waals surface area contributed by atoms with Crippen LogP contribution in [-0.2, 0) is 16.1 Å². The molecule has 0 aliphatic carbocycles.